The van der Waals surface area contributed by atoms with Crippen molar-refractivity contribution in [2.45, 2.75) is 20.0 Å². The summed E-state index contributed by atoms with van der Waals surface area (Å²) in [6.45, 7) is 6.44. The molecule has 0 amide bonds. The van der Waals surface area contributed by atoms with Crippen LogP contribution in [0.15, 0.2) is 18.2 Å². The molecule has 1 aliphatic rings. The van der Waals surface area contributed by atoms with E-state index in [1.165, 1.54) is 0 Å². The molecule has 0 bridgehead atoms. The Balaban J connectivity index is 1.65. The van der Waals surface area contributed by atoms with Crippen molar-refractivity contribution in [1.29, 1.82) is 0 Å². The van der Waals surface area contributed by atoms with Gasteiger partial charge in [0.2, 0.25) is 0 Å². The molecule has 1 fully saturated rings. The minimum absolute atomic E-state index is 0.00298. The Morgan fingerprint density at radius 2 is 2.08 bits per heavy atom. The van der Waals surface area contributed by atoms with E-state index in [0.29, 0.717) is 25.5 Å². The van der Waals surface area contributed by atoms with Crippen LogP contribution in [0.3, 0.4) is 0 Å². The smallest absolute Gasteiger partial charge is 0.317 e. The summed E-state index contributed by atoms with van der Waals surface area (Å²) >= 11 is 0. The first-order valence-electron chi connectivity index (χ1n) is 8.56. The van der Waals surface area contributed by atoms with Crippen molar-refractivity contribution in [1.82, 2.24) is 24.9 Å². The highest BCUT2D eigenvalue weighted by molar-refractivity contribution is 5.69. The van der Waals surface area contributed by atoms with Gasteiger partial charge in [0.25, 0.3) is 0 Å². The van der Waals surface area contributed by atoms with Gasteiger partial charge in [-0.3, -0.25) is 9.69 Å². The third-order valence-corrected chi connectivity index (χ3v) is 4.25. The number of anilines is 1. The van der Waals surface area contributed by atoms with Gasteiger partial charge in [0, 0.05) is 25.3 Å². The van der Waals surface area contributed by atoms with Crippen molar-refractivity contribution >= 4 is 11.8 Å². The van der Waals surface area contributed by atoms with E-state index in [1.807, 2.05) is 32.0 Å². The number of aryl methyl sites for hydroxylation is 2. The molecule has 2 aromatic rings. The lowest BCUT2D eigenvalue weighted by Gasteiger charge is -2.35. The monoisotopic (exact) mass is 360 g/mol. The molecule has 9 nitrogen and oxygen atoms in total. The Kier molecular flexibility index (Phi) is 5.48. The number of carboxylic acids is 1. The maximum Gasteiger partial charge on any atom is 0.317 e. The van der Waals surface area contributed by atoms with Crippen LogP contribution in [0, 0.1) is 13.8 Å². The van der Waals surface area contributed by atoms with E-state index in [4.69, 9.17) is 9.84 Å². The number of morpholine rings is 1. The van der Waals surface area contributed by atoms with E-state index in [1.54, 1.807) is 16.6 Å². The third kappa shape index (κ3) is 4.36. The van der Waals surface area contributed by atoms with Crippen molar-refractivity contribution in [3.63, 3.8) is 0 Å². The minimum Gasteiger partial charge on any atom is -0.480 e. The van der Waals surface area contributed by atoms with Crippen LogP contribution < -0.4 is 4.90 Å². The molecule has 3 heterocycles. The summed E-state index contributed by atoms with van der Waals surface area (Å²) in [5, 5.41) is 21.9. The van der Waals surface area contributed by atoms with Gasteiger partial charge in [-0.1, -0.05) is 0 Å². The molecule has 1 unspecified atom stereocenters. The van der Waals surface area contributed by atoms with Crippen molar-refractivity contribution in [2.24, 2.45) is 0 Å². The molecule has 2 aromatic heterocycles. The minimum atomic E-state index is -0.842. The standard InChI is InChI=1S/C17H24N6O3/c1-12-8-13(2)23(20-12)16-5-4-15(18-19-16)22-6-7-26-14(10-22)9-21(3)11-17(24)25/h4-5,8,14H,6-7,9-11H2,1-3H3,(H,24,25). The van der Waals surface area contributed by atoms with Gasteiger partial charge in [-0.25, -0.2) is 4.68 Å². The first-order chi connectivity index (χ1) is 12.4. The van der Waals surface area contributed by atoms with Crippen LogP contribution in [0.25, 0.3) is 5.82 Å². The van der Waals surface area contributed by atoms with Gasteiger partial charge in [0.05, 0.1) is 24.9 Å². The number of hydrogen-bond acceptors (Lipinski definition) is 7. The zero-order valence-electron chi connectivity index (χ0n) is 15.3. The fraction of sp³-hybridized carbons (Fsp3) is 0.529. The third-order valence-electron chi connectivity index (χ3n) is 4.25. The van der Waals surface area contributed by atoms with Crippen LogP contribution in [-0.4, -0.2) is 81.9 Å². The molecule has 9 heteroatoms. The predicted molar refractivity (Wildman–Crippen MR) is 95.7 cm³/mol. The topological polar surface area (TPSA) is 96.6 Å². The summed E-state index contributed by atoms with van der Waals surface area (Å²) in [6, 6.07) is 5.83. The van der Waals surface area contributed by atoms with Crippen LogP contribution >= 0.6 is 0 Å². The Hall–Kier alpha value is -2.52. The van der Waals surface area contributed by atoms with Crippen molar-refractivity contribution in [3.8, 4) is 5.82 Å². The number of ether oxygens (including phenoxy) is 1. The molecule has 0 aliphatic carbocycles. The van der Waals surface area contributed by atoms with Crippen LogP contribution in [0.1, 0.15) is 11.4 Å². The zero-order chi connectivity index (χ0) is 18.7. The SMILES string of the molecule is Cc1cc(C)n(-c2ccc(N3CCOC(CN(C)CC(=O)O)C3)nn2)n1. The Labute approximate surface area is 152 Å². The second-order valence-electron chi connectivity index (χ2n) is 6.62. The van der Waals surface area contributed by atoms with E-state index in [0.717, 1.165) is 23.8 Å². The largest absolute Gasteiger partial charge is 0.480 e. The molecule has 0 aromatic carbocycles. The maximum atomic E-state index is 10.8. The Morgan fingerprint density at radius 3 is 2.69 bits per heavy atom. The zero-order valence-corrected chi connectivity index (χ0v) is 15.3. The molecule has 1 atom stereocenters. The molecule has 140 valence electrons. The Morgan fingerprint density at radius 1 is 1.35 bits per heavy atom. The predicted octanol–water partition coefficient (Wildman–Crippen LogP) is 0.501. The summed E-state index contributed by atoms with van der Waals surface area (Å²) in [7, 11) is 1.78. The lowest BCUT2D eigenvalue weighted by Crippen LogP contribution is -2.48. The number of likely N-dealkylation sites (N-methyl/N-ethyl adjacent to an activating group) is 1. The fourth-order valence-electron chi connectivity index (χ4n) is 3.14. The van der Waals surface area contributed by atoms with E-state index < -0.39 is 5.97 Å². The normalized spacial score (nSPS) is 17.7. The van der Waals surface area contributed by atoms with Crippen molar-refractivity contribution in [2.75, 3.05) is 44.7 Å². The van der Waals surface area contributed by atoms with Crippen LogP contribution in [0.4, 0.5) is 5.82 Å². The fourth-order valence-corrected chi connectivity index (χ4v) is 3.14. The molecule has 0 spiro atoms. The maximum absolute atomic E-state index is 10.8. The summed E-state index contributed by atoms with van der Waals surface area (Å²) in [4.78, 5) is 14.6. The summed E-state index contributed by atoms with van der Waals surface area (Å²) in [6.07, 6.45) is -0.0643. The van der Waals surface area contributed by atoms with Crippen molar-refractivity contribution < 1.29 is 14.6 Å². The van der Waals surface area contributed by atoms with Gasteiger partial charge in [0.15, 0.2) is 11.6 Å². The van der Waals surface area contributed by atoms with Gasteiger partial charge in [-0.2, -0.15) is 5.10 Å². The van der Waals surface area contributed by atoms with Gasteiger partial charge < -0.3 is 14.7 Å². The van der Waals surface area contributed by atoms with Gasteiger partial charge in [0.1, 0.15) is 0 Å². The first kappa shape index (κ1) is 18.3. The molecule has 1 aliphatic heterocycles. The number of hydrogen-bond donors (Lipinski definition) is 1. The molecule has 0 saturated carbocycles. The number of rotatable bonds is 6. The summed E-state index contributed by atoms with van der Waals surface area (Å²) < 4.78 is 7.53. The number of carboxylic acid groups (broad SMARTS) is 1. The highest BCUT2D eigenvalue weighted by Crippen LogP contribution is 2.17. The van der Waals surface area contributed by atoms with Crippen molar-refractivity contribution in [3.05, 3.63) is 29.6 Å². The molecular weight excluding hydrogens is 336 g/mol. The van der Waals surface area contributed by atoms with Gasteiger partial charge >= 0.3 is 5.97 Å². The second-order valence-corrected chi connectivity index (χ2v) is 6.62. The number of carbonyl (C=O) groups is 1. The highest BCUT2D eigenvalue weighted by Gasteiger charge is 2.23. The molecule has 3 rings (SSSR count). The summed E-state index contributed by atoms with van der Waals surface area (Å²) in [5.74, 6) is 0.626. The lowest BCUT2D eigenvalue weighted by atomic mass is 10.2. The van der Waals surface area contributed by atoms with E-state index in [2.05, 4.69) is 20.2 Å². The van der Waals surface area contributed by atoms with Crippen LogP contribution in [0.2, 0.25) is 0 Å². The second kappa shape index (κ2) is 7.79. The summed E-state index contributed by atoms with van der Waals surface area (Å²) in [5.41, 5.74) is 1.95. The molecule has 0 radical (unpaired) electrons. The van der Waals surface area contributed by atoms with E-state index >= 15 is 0 Å². The quantitative estimate of drug-likeness (QED) is 0.796. The molecule has 26 heavy (non-hydrogen) atoms. The first-order valence-corrected chi connectivity index (χ1v) is 8.56. The number of aromatic nitrogens is 4. The van der Waals surface area contributed by atoms with Gasteiger partial charge in [-0.05, 0) is 39.1 Å². The number of nitrogens with zero attached hydrogens (tertiary/aromatic N) is 6. The average Bonchev–Trinajstić information content (AvgIpc) is 2.93. The molecule has 1 saturated heterocycles. The average molecular weight is 360 g/mol. The Bertz CT molecular complexity index is 760. The highest BCUT2D eigenvalue weighted by atomic mass is 16.5. The van der Waals surface area contributed by atoms with Crippen LogP contribution in [0.5, 0.6) is 0 Å². The van der Waals surface area contributed by atoms with E-state index in [9.17, 15) is 4.79 Å². The van der Waals surface area contributed by atoms with Gasteiger partial charge in [-0.15, -0.1) is 10.2 Å². The molecular formula is C17H24N6O3. The number of aliphatic carboxylic acids is 1. The van der Waals surface area contributed by atoms with Crippen LogP contribution in [-0.2, 0) is 9.53 Å². The lowest BCUT2D eigenvalue weighted by molar-refractivity contribution is -0.138. The molecule has 1 N–H and O–H groups in total. The van der Waals surface area contributed by atoms with E-state index in [-0.39, 0.29) is 12.6 Å².